The van der Waals surface area contributed by atoms with Gasteiger partial charge in [0.2, 0.25) is 0 Å². The van der Waals surface area contributed by atoms with Crippen LogP contribution in [0.3, 0.4) is 0 Å². The van der Waals surface area contributed by atoms with Crippen molar-refractivity contribution in [3.63, 3.8) is 0 Å². The van der Waals surface area contributed by atoms with Crippen LogP contribution in [-0.4, -0.2) is 74.2 Å². The number of aryl methyl sites for hydroxylation is 2. The number of rotatable bonds is 22. The molecule has 2 N–H and O–H groups in total. The van der Waals surface area contributed by atoms with Gasteiger partial charge in [0.05, 0.1) is 0 Å². The predicted octanol–water partition coefficient (Wildman–Crippen LogP) is 16.8. The van der Waals surface area contributed by atoms with E-state index in [1.165, 1.54) is 125 Å². The highest BCUT2D eigenvalue weighted by Crippen LogP contribution is 2.59. The first-order valence-electron chi connectivity index (χ1n) is 23.8. The Kier molecular flexibility index (Phi) is 19.7. The minimum absolute atomic E-state index is 0.00733. The summed E-state index contributed by atoms with van der Waals surface area (Å²) in [4.78, 5) is 0. The molecule has 0 saturated carbocycles. The average molecular weight is 998 g/mol. The summed E-state index contributed by atoms with van der Waals surface area (Å²) in [7, 11) is 13.5. The molecule has 61 heavy (non-hydrogen) atoms. The number of phenols is 2. The quantitative estimate of drug-likeness (QED) is 0.0673. The lowest BCUT2D eigenvalue weighted by molar-refractivity contribution is 0.445. The Balaban J connectivity index is 0.697. The van der Waals surface area contributed by atoms with Crippen LogP contribution in [0.25, 0.3) is 0 Å². The van der Waals surface area contributed by atoms with Gasteiger partial charge in [-0.15, -0.1) is 0 Å². The van der Waals surface area contributed by atoms with Gasteiger partial charge in [-0.25, -0.2) is 0 Å². The molecule has 0 spiro atoms. The minimum Gasteiger partial charge on any atom is -0.508 e. The van der Waals surface area contributed by atoms with E-state index in [1.54, 1.807) is 0 Å². The Labute approximate surface area is 408 Å². The second kappa shape index (κ2) is 24.0. The van der Waals surface area contributed by atoms with E-state index in [-0.39, 0.29) is 10.8 Å². The Morgan fingerprint density at radius 1 is 0.475 bits per heavy atom. The maximum atomic E-state index is 10.5. The maximum absolute atomic E-state index is 10.5. The molecule has 2 bridgehead atoms. The highest BCUT2D eigenvalue weighted by atomic mass is 33.1. The fraction of sp³-hybridized carbons (Fsp3) is 0.760. The molecule has 6 fully saturated rings. The number of unbranched alkanes of at least 4 members (excludes halogenated alkanes) is 8. The van der Waals surface area contributed by atoms with E-state index in [0.717, 1.165) is 76.5 Å². The average Bonchev–Trinajstić information content (AvgIpc) is 4.11. The smallest absolute Gasteiger partial charge is 0.119 e. The fourth-order valence-corrected chi connectivity index (χ4v) is 25.2. The van der Waals surface area contributed by atoms with E-state index in [0.29, 0.717) is 11.5 Å². The first kappa shape index (κ1) is 50.1. The number of hydrogen-bond donors (Lipinski definition) is 2. The topological polar surface area (TPSA) is 40.5 Å². The normalized spacial score (nSPS) is 30.3. The third-order valence-corrected chi connectivity index (χ3v) is 28.2. The lowest BCUT2D eigenvalue weighted by atomic mass is 9.85. The van der Waals surface area contributed by atoms with E-state index < -0.39 is 0 Å². The standard InChI is InChI=1S/C50H76O2S9/c1-49(2,3)37-23-21-33(25-39(37)51)17-13-9-7-11-15-19-41-44(55-41)29-46-43(56-46)27-35-31-53-54-32-36(59-58-35)28-48-47-30-45(57-47)42(60-61-48)20-16-12-8-10-14-18-34-22-24-38(40(52)26-34)50(4,5)6/h21-26,35-36,41-48,51-52H,7-20,27-32H2,1-6H3. The van der Waals surface area contributed by atoms with E-state index in [1.807, 2.05) is 12.1 Å². The first-order valence-corrected chi connectivity index (χ1v) is 33.7. The summed E-state index contributed by atoms with van der Waals surface area (Å²) in [5.41, 5.74) is 4.64. The Morgan fingerprint density at radius 3 is 1.44 bits per heavy atom. The van der Waals surface area contributed by atoms with Gasteiger partial charge in [-0.2, -0.15) is 35.3 Å². The summed E-state index contributed by atoms with van der Waals surface area (Å²) in [5.74, 6) is 3.58. The van der Waals surface area contributed by atoms with Crippen molar-refractivity contribution in [2.45, 2.75) is 220 Å². The molecular weight excluding hydrogens is 921 g/mol. The van der Waals surface area contributed by atoms with E-state index in [9.17, 15) is 10.2 Å². The van der Waals surface area contributed by atoms with Gasteiger partial charge in [-0.05, 0) is 109 Å². The minimum atomic E-state index is -0.0106. The van der Waals surface area contributed by atoms with E-state index >= 15 is 0 Å². The van der Waals surface area contributed by atoms with Crippen molar-refractivity contribution in [3.05, 3.63) is 58.7 Å². The first-order chi connectivity index (χ1) is 29.3. The molecule has 342 valence electrons. The number of aromatic hydroxyl groups is 2. The zero-order valence-electron chi connectivity index (χ0n) is 37.9. The van der Waals surface area contributed by atoms with Crippen LogP contribution in [0.1, 0.15) is 167 Å². The number of benzene rings is 2. The van der Waals surface area contributed by atoms with Crippen LogP contribution in [0, 0.1) is 0 Å². The fourth-order valence-electron chi connectivity index (χ4n) is 9.41. The Hall–Kier alpha value is 1.19. The molecule has 0 aromatic heterocycles. The highest BCUT2D eigenvalue weighted by Gasteiger charge is 2.48. The van der Waals surface area contributed by atoms with Crippen LogP contribution < -0.4 is 0 Å². The van der Waals surface area contributed by atoms with Gasteiger partial charge in [0.25, 0.3) is 0 Å². The predicted molar refractivity (Wildman–Crippen MR) is 291 cm³/mol. The third-order valence-electron chi connectivity index (χ3n) is 13.3. The second-order valence-electron chi connectivity index (χ2n) is 20.7. The lowest BCUT2D eigenvalue weighted by Crippen LogP contribution is -2.38. The van der Waals surface area contributed by atoms with Gasteiger partial charge < -0.3 is 10.2 Å². The summed E-state index contributed by atoms with van der Waals surface area (Å²) >= 11 is 6.96. The molecule has 0 amide bonds. The number of thioether (sulfide) groups is 3. The summed E-state index contributed by atoms with van der Waals surface area (Å²) in [6.45, 7) is 13.0. The maximum Gasteiger partial charge on any atom is 0.119 e. The molecule has 8 rings (SSSR count). The van der Waals surface area contributed by atoms with Crippen molar-refractivity contribution in [2.75, 3.05) is 11.5 Å². The van der Waals surface area contributed by atoms with Gasteiger partial charge in [-0.3, -0.25) is 0 Å². The number of hydrogen-bond acceptors (Lipinski definition) is 11. The molecule has 6 saturated heterocycles. The summed E-state index contributed by atoms with van der Waals surface area (Å²) < 4.78 is 0. The highest BCUT2D eigenvalue weighted by molar-refractivity contribution is 8.80. The molecule has 0 radical (unpaired) electrons. The zero-order valence-corrected chi connectivity index (χ0v) is 45.3. The molecule has 2 nitrogen and oxygen atoms in total. The van der Waals surface area contributed by atoms with E-state index in [4.69, 9.17) is 0 Å². The van der Waals surface area contributed by atoms with Gasteiger partial charge in [-0.1, -0.05) is 182 Å². The van der Waals surface area contributed by atoms with Crippen molar-refractivity contribution >= 4 is 100 Å². The van der Waals surface area contributed by atoms with Crippen molar-refractivity contribution in [1.82, 2.24) is 0 Å². The monoisotopic (exact) mass is 996 g/mol. The number of fused-ring (bicyclic) bond motifs is 3. The summed E-state index contributed by atoms with van der Waals surface area (Å²) in [6, 6.07) is 12.7. The van der Waals surface area contributed by atoms with Crippen molar-refractivity contribution < 1.29 is 10.2 Å². The third kappa shape index (κ3) is 15.9. The summed E-state index contributed by atoms with van der Waals surface area (Å²) in [5, 5.41) is 29.9. The van der Waals surface area contributed by atoms with Crippen LogP contribution in [-0.2, 0) is 23.7 Å². The van der Waals surface area contributed by atoms with Crippen molar-refractivity contribution in [3.8, 4) is 11.5 Å². The van der Waals surface area contributed by atoms with Crippen LogP contribution in [0.4, 0.5) is 0 Å². The largest absolute Gasteiger partial charge is 0.508 e. The van der Waals surface area contributed by atoms with Gasteiger partial charge in [0.1, 0.15) is 11.5 Å². The Bertz CT molecular complexity index is 1650. The SMILES string of the molecule is CC(C)(C)c1ccc(CCCCCCCC2SSC(CC3CSSCC(CC4SC4CC4SC4CCCCCCCc4ccc(C(C)(C)C)c(O)c4)SS3)C3CC2S3)cc1O. The molecule has 6 aliphatic heterocycles. The molecular formula is C50H76O2S9. The van der Waals surface area contributed by atoms with Crippen LogP contribution >= 0.6 is 100 Å². The molecule has 2 aromatic carbocycles. The Morgan fingerprint density at radius 2 is 0.902 bits per heavy atom. The van der Waals surface area contributed by atoms with Crippen LogP contribution in [0.5, 0.6) is 11.5 Å². The molecule has 10 unspecified atom stereocenters. The van der Waals surface area contributed by atoms with Crippen molar-refractivity contribution in [2.24, 2.45) is 0 Å². The van der Waals surface area contributed by atoms with E-state index in [2.05, 4.69) is 166 Å². The lowest BCUT2D eigenvalue weighted by Gasteiger charge is -2.39. The molecule has 6 heterocycles. The number of phenolic OH excluding ortho intramolecular Hbond substituents is 2. The molecule has 2 aromatic rings. The second-order valence-corrected chi connectivity index (χ2v) is 33.3. The molecule has 0 aliphatic carbocycles. The summed E-state index contributed by atoms with van der Waals surface area (Å²) in [6.07, 6.45) is 24.1. The van der Waals surface area contributed by atoms with Crippen LogP contribution in [0.2, 0.25) is 0 Å². The molecule has 6 aliphatic rings. The van der Waals surface area contributed by atoms with Crippen LogP contribution in [0.15, 0.2) is 36.4 Å². The van der Waals surface area contributed by atoms with Crippen molar-refractivity contribution in [1.29, 1.82) is 0 Å². The molecule has 10 atom stereocenters. The van der Waals surface area contributed by atoms with Gasteiger partial charge >= 0.3 is 0 Å². The zero-order chi connectivity index (χ0) is 43.0. The van der Waals surface area contributed by atoms with Gasteiger partial charge in [0.15, 0.2) is 0 Å². The molecule has 11 heteroatoms. The van der Waals surface area contributed by atoms with Gasteiger partial charge in [0, 0.05) is 64.0 Å².